The second-order valence-corrected chi connectivity index (χ2v) is 6.14. The van der Waals surface area contributed by atoms with Crippen LogP contribution in [-0.4, -0.2) is 30.8 Å². The van der Waals surface area contributed by atoms with Crippen molar-refractivity contribution in [2.24, 2.45) is 11.8 Å². The molecule has 1 amide bonds. The number of hydrogen-bond donors (Lipinski definition) is 2. The zero-order valence-electron chi connectivity index (χ0n) is 11.6. The van der Waals surface area contributed by atoms with E-state index in [1.165, 1.54) is 0 Å². The largest absolute Gasteiger partial charge is 0.482 e. The molecule has 2 N–H and O–H groups in total. The summed E-state index contributed by atoms with van der Waals surface area (Å²) in [7, 11) is 0. The Bertz CT molecular complexity index is 496. The van der Waals surface area contributed by atoms with Crippen molar-refractivity contribution in [1.82, 2.24) is 5.32 Å². The Morgan fingerprint density at radius 3 is 2.86 bits per heavy atom. The number of aliphatic hydroxyl groups is 1. The minimum Gasteiger partial charge on any atom is -0.482 e. The summed E-state index contributed by atoms with van der Waals surface area (Å²) in [6, 6.07) is 4.86. The Morgan fingerprint density at radius 2 is 2.10 bits per heavy atom. The number of benzene rings is 1. The minimum absolute atomic E-state index is 0.101. The van der Waals surface area contributed by atoms with Gasteiger partial charge in [-0.25, -0.2) is 0 Å². The maximum absolute atomic E-state index is 11.8. The van der Waals surface area contributed by atoms with E-state index in [1.807, 2.05) is 0 Å². The fraction of sp³-hybridized carbons (Fsp3) is 0.533. The summed E-state index contributed by atoms with van der Waals surface area (Å²) in [6.07, 6.45) is 3.19. The van der Waals surface area contributed by atoms with Gasteiger partial charge in [0.25, 0.3) is 5.91 Å². The molecule has 1 saturated carbocycles. The highest BCUT2D eigenvalue weighted by Gasteiger charge is 2.26. The molecule has 21 heavy (non-hydrogen) atoms. The summed E-state index contributed by atoms with van der Waals surface area (Å²) in [5.74, 6) is 0.852. The fourth-order valence-electron chi connectivity index (χ4n) is 2.65. The Morgan fingerprint density at radius 1 is 1.33 bits per heavy atom. The first-order valence-corrected chi connectivity index (χ1v) is 7.81. The SMILES string of the molecule is O=C(COc1cc(Cl)ccc1Cl)NCC1CCCC1CO. The molecule has 1 aromatic rings. The summed E-state index contributed by atoms with van der Waals surface area (Å²) in [5, 5.41) is 13.0. The molecule has 0 spiro atoms. The van der Waals surface area contributed by atoms with Gasteiger partial charge in [0.2, 0.25) is 0 Å². The molecule has 6 heteroatoms. The van der Waals surface area contributed by atoms with Crippen molar-refractivity contribution >= 4 is 29.1 Å². The van der Waals surface area contributed by atoms with Gasteiger partial charge in [-0.05, 0) is 36.8 Å². The van der Waals surface area contributed by atoms with Crippen LogP contribution in [0.1, 0.15) is 19.3 Å². The molecule has 2 unspecified atom stereocenters. The quantitative estimate of drug-likeness (QED) is 0.842. The van der Waals surface area contributed by atoms with Crippen molar-refractivity contribution in [2.45, 2.75) is 19.3 Å². The van der Waals surface area contributed by atoms with Crippen molar-refractivity contribution < 1.29 is 14.6 Å². The molecule has 116 valence electrons. The fourth-order valence-corrected chi connectivity index (χ4v) is 2.98. The van der Waals surface area contributed by atoms with Gasteiger partial charge in [-0.15, -0.1) is 0 Å². The van der Waals surface area contributed by atoms with Crippen LogP contribution in [0.2, 0.25) is 10.0 Å². The van der Waals surface area contributed by atoms with E-state index in [2.05, 4.69) is 5.32 Å². The molecule has 0 aromatic heterocycles. The molecule has 0 bridgehead atoms. The van der Waals surface area contributed by atoms with E-state index < -0.39 is 0 Å². The van der Waals surface area contributed by atoms with Gasteiger partial charge in [0.05, 0.1) is 5.02 Å². The first-order valence-electron chi connectivity index (χ1n) is 7.05. The van der Waals surface area contributed by atoms with Gasteiger partial charge in [-0.3, -0.25) is 4.79 Å². The third-order valence-corrected chi connectivity index (χ3v) is 4.41. The number of amides is 1. The Kier molecular flexibility index (Phi) is 6.15. The molecule has 2 atom stereocenters. The van der Waals surface area contributed by atoms with Gasteiger partial charge in [-0.1, -0.05) is 29.6 Å². The Balaban J connectivity index is 1.76. The molecular weight excluding hydrogens is 313 g/mol. The molecule has 0 heterocycles. The molecule has 1 aromatic carbocycles. The number of halogens is 2. The van der Waals surface area contributed by atoms with E-state index in [0.717, 1.165) is 19.3 Å². The zero-order chi connectivity index (χ0) is 15.2. The summed E-state index contributed by atoms with van der Waals surface area (Å²) in [6.45, 7) is 0.669. The molecule has 0 saturated heterocycles. The van der Waals surface area contributed by atoms with E-state index in [4.69, 9.17) is 27.9 Å². The van der Waals surface area contributed by atoms with E-state index in [9.17, 15) is 9.90 Å². The van der Waals surface area contributed by atoms with Crippen LogP contribution in [0, 0.1) is 11.8 Å². The van der Waals surface area contributed by atoms with Gasteiger partial charge < -0.3 is 15.2 Å². The van der Waals surface area contributed by atoms with Crippen molar-refractivity contribution in [3.05, 3.63) is 28.2 Å². The van der Waals surface area contributed by atoms with E-state index in [-0.39, 0.29) is 19.1 Å². The van der Waals surface area contributed by atoms with Crippen LogP contribution in [0.4, 0.5) is 0 Å². The van der Waals surface area contributed by atoms with Crippen molar-refractivity contribution in [2.75, 3.05) is 19.8 Å². The Hall–Kier alpha value is -0.970. The third-order valence-electron chi connectivity index (χ3n) is 3.86. The Labute approximate surface area is 134 Å². The lowest BCUT2D eigenvalue weighted by atomic mass is 9.97. The number of rotatable bonds is 6. The highest BCUT2D eigenvalue weighted by Crippen LogP contribution is 2.30. The molecule has 0 aliphatic heterocycles. The number of carbonyl (C=O) groups excluding carboxylic acids is 1. The number of nitrogens with one attached hydrogen (secondary N) is 1. The molecule has 1 aliphatic carbocycles. The van der Waals surface area contributed by atoms with Crippen LogP contribution in [0.5, 0.6) is 5.75 Å². The standard InChI is InChI=1S/C15H19Cl2NO3/c16-12-4-5-13(17)14(6-12)21-9-15(20)18-7-10-2-1-3-11(10)8-19/h4-6,10-11,19H,1-3,7-9H2,(H,18,20). The predicted molar refractivity (Wildman–Crippen MR) is 82.9 cm³/mol. The molecule has 2 rings (SSSR count). The van der Waals surface area contributed by atoms with E-state index >= 15 is 0 Å². The van der Waals surface area contributed by atoms with Gasteiger partial charge in [-0.2, -0.15) is 0 Å². The summed E-state index contributed by atoms with van der Waals surface area (Å²) >= 11 is 11.8. The molecule has 1 fully saturated rings. The maximum Gasteiger partial charge on any atom is 0.257 e. The second-order valence-electron chi connectivity index (χ2n) is 5.30. The number of carbonyl (C=O) groups is 1. The van der Waals surface area contributed by atoms with Crippen LogP contribution in [-0.2, 0) is 4.79 Å². The molecular formula is C15H19Cl2NO3. The van der Waals surface area contributed by atoms with Crippen LogP contribution in [0.3, 0.4) is 0 Å². The van der Waals surface area contributed by atoms with Crippen molar-refractivity contribution in [1.29, 1.82) is 0 Å². The van der Waals surface area contributed by atoms with Crippen LogP contribution < -0.4 is 10.1 Å². The zero-order valence-corrected chi connectivity index (χ0v) is 13.2. The van der Waals surface area contributed by atoms with Gasteiger partial charge in [0, 0.05) is 24.2 Å². The van der Waals surface area contributed by atoms with Crippen LogP contribution in [0.15, 0.2) is 18.2 Å². The van der Waals surface area contributed by atoms with E-state index in [0.29, 0.717) is 34.2 Å². The lowest BCUT2D eigenvalue weighted by molar-refractivity contribution is -0.123. The van der Waals surface area contributed by atoms with Crippen LogP contribution in [0.25, 0.3) is 0 Å². The van der Waals surface area contributed by atoms with Gasteiger partial charge >= 0.3 is 0 Å². The average Bonchev–Trinajstić information content (AvgIpc) is 2.93. The third kappa shape index (κ3) is 4.77. The number of hydrogen-bond acceptors (Lipinski definition) is 3. The average molecular weight is 332 g/mol. The maximum atomic E-state index is 11.8. The monoisotopic (exact) mass is 331 g/mol. The van der Waals surface area contributed by atoms with E-state index in [1.54, 1.807) is 18.2 Å². The smallest absolute Gasteiger partial charge is 0.257 e. The predicted octanol–water partition coefficient (Wildman–Crippen LogP) is 2.90. The van der Waals surface area contributed by atoms with Crippen molar-refractivity contribution in [3.63, 3.8) is 0 Å². The van der Waals surface area contributed by atoms with Crippen LogP contribution >= 0.6 is 23.2 Å². The first kappa shape index (κ1) is 16.4. The number of ether oxygens (including phenoxy) is 1. The van der Waals surface area contributed by atoms with Crippen molar-refractivity contribution in [3.8, 4) is 5.75 Å². The van der Waals surface area contributed by atoms with Gasteiger partial charge in [0.15, 0.2) is 6.61 Å². The highest BCUT2D eigenvalue weighted by atomic mass is 35.5. The number of aliphatic hydroxyl groups excluding tert-OH is 1. The highest BCUT2D eigenvalue weighted by molar-refractivity contribution is 6.34. The molecule has 1 aliphatic rings. The summed E-state index contributed by atoms with van der Waals surface area (Å²) < 4.78 is 5.37. The summed E-state index contributed by atoms with van der Waals surface area (Å²) in [4.78, 5) is 11.8. The molecule has 4 nitrogen and oxygen atoms in total. The lowest BCUT2D eigenvalue weighted by Crippen LogP contribution is -2.34. The minimum atomic E-state index is -0.199. The second kappa shape index (κ2) is 7.87. The molecule has 0 radical (unpaired) electrons. The first-order chi connectivity index (χ1) is 10.1. The normalized spacial score (nSPS) is 21.3. The topological polar surface area (TPSA) is 58.6 Å². The van der Waals surface area contributed by atoms with Gasteiger partial charge in [0.1, 0.15) is 5.75 Å². The lowest BCUT2D eigenvalue weighted by Gasteiger charge is -2.18. The summed E-state index contributed by atoms with van der Waals surface area (Å²) in [5.41, 5.74) is 0.